The SMILES string of the molecule is CC(C)(C)OC(=O)N[C@H]1CCCCCC=C[C@@H]2C[C@@]2(C(=O)NS(=O)(=O)OC2(C)CC2)NC(=O)[C@@H]2C[C@@H](Oc3cc(Cl)nc(-c4ccccc4)n3)CN2C1=O. The van der Waals surface area contributed by atoms with Crippen LogP contribution in [0.4, 0.5) is 4.79 Å². The summed E-state index contributed by atoms with van der Waals surface area (Å²) in [5.74, 6) is -2.23. The van der Waals surface area contributed by atoms with Crippen LogP contribution < -0.4 is 20.1 Å². The number of hydrogen-bond donors (Lipinski definition) is 3. The van der Waals surface area contributed by atoms with Gasteiger partial charge in [0.2, 0.25) is 17.7 Å². The van der Waals surface area contributed by atoms with E-state index in [1.807, 2.05) is 47.2 Å². The highest BCUT2D eigenvalue weighted by Gasteiger charge is 2.62. The molecule has 2 saturated carbocycles. The summed E-state index contributed by atoms with van der Waals surface area (Å²) in [5.41, 5.74) is -2.61. The van der Waals surface area contributed by atoms with E-state index in [1.165, 1.54) is 11.0 Å². The van der Waals surface area contributed by atoms with Crippen LogP contribution in [-0.2, 0) is 33.6 Å². The highest BCUT2D eigenvalue weighted by atomic mass is 35.5. The molecule has 2 aliphatic heterocycles. The van der Waals surface area contributed by atoms with Crippen molar-refractivity contribution in [1.29, 1.82) is 0 Å². The van der Waals surface area contributed by atoms with Gasteiger partial charge in [-0.15, -0.1) is 0 Å². The molecule has 17 heteroatoms. The molecule has 2 aliphatic carbocycles. The number of halogens is 1. The second kappa shape index (κ2) is 15.5. The molecule has 1 saturated heterocycles. The van der Waals surface area contributed by atoms with Gasteiger partial charge in [-0.1, -0.05) is 66.9 Å². The van der Waals surface area contributed by atoms with E-state index in [4.69, 9.17) is 25.3 Å². The first kappa shape index (κ1) is 39.4. The maximum absolute atomic E-state index is 14.4. The number of ether oxygens (including phenoxy) is 2. The molecular weight excluding hydrogens is 740 g/mol. The summed E-state index contributed by atoms with van der Waals surface area (Å²) in [7, 11) is -4.48. The number of nitrogens with one attached hydrogen (secondary N) is 3. The van der Waals surface area contributed by atoms with Crippen molar-refractivity contribution in [2.24, 2.45) is 5.92 Å². The summed E-state index contributed by atoms with van der Waals surface area (Å²) in [4.78, 5) is 65.6. The zero-order chi connectivity index (χ0) is 38.9. The zero-order valence-electron chi connectivity index (χ0n) is 30.8. The number of aromatic nitrogens is 2. The molecule has 0 bridgehead atoms. The fourth-order valence-electron chi connectivity index (χ4n) is 6.71. The van der Waals surface area contributed by atoms with Crippen LogP contribution in [-0.4, -0.2) is 88.6 Å². The number of allylic oxidation sites excluding steroid dienone is 1. The van der Waals surface area contributed by atoms with Crippen molar-refractivity contribution in [3.8, 4) is 17.3 Å². The lowest BCUT2D eigenvalue weighted by atomic mass is 10.0. The van der Waals surface area contributed by atoms with E-state index in [-0.39, 0.29) is 36.8 Å². The number of fused-ring (bicyclic) bond motifs is 2. The summed E-state index contributed by atoms with van der Waals surface area (Å²) in [5, 5.41) is 5.65. The van der Waals surface area contributed by atoms with Gasteiger partial charge in [0.05, 0.1) is 12.1 Å². The van der Waals surface area contributed by atoms with Gasteiger partial charge < -0.3 is 25.0 Å². The van der Waals surface area contributed by atoms with Crippen LogP contribution in [0.2, 0.25) is 5.15 Å². The lowest BCUT2D eigenvalue weighted by Crippen LogP contribution is -2.58. The lowest BCUT2D eigenvalue weighted by molar-refractivity contribution is -0.141. The molecule has 3 fully saturated rings. The van der Waals surface area contributed by atoms with Crippen LogP contribution in [0.25, 0.3) is 11.4 Å². The average Bonchev–Trinajstić information content (AvgIpc) is 3.94. The minimum Gasteiger partial charge on any atom is -0.472 e. The van der Waals surface area contributed by atoms with Crippen LogP contribution in [0.5, 0.6) is 5.88 Å². The van der Waals surface area contributed by atoms with Crippen LogP contribution in [0, 0.1) is 5.92 Å². The normalized spacial score (nSPS) is 26.9. The van der Waals surface area contributed by atoms with Crippen molar-refractivity contribution in [3.63, 3.8) is 0 Å². The third-order valence-electron chi connectivity index (χ3n) is 9.81. The maximum atomic E-state index is 14.4. The Morgan fingerprint density at radius 1 is 1.07 bits per heavy atom. The van der Waals surface area contributed by atoms with Crippen LogP contribution in [0.1, 0.15) is 85.5 Å². The van der Waals surface area contributed by atoms with Crippen molar-refractivity contribution in [1.82, 2.24) is 30.2 Å². The van der Waals surface area contributed by atoms with Crippen LogP contribution in [0.15, 0.2) is 48.6 Å². The number of rotatable bonds is 8. The van der Waals surface area contributed by atoms with E-state index in [0.717, 1.165) is 12.8 Å². The van der Waals surface area contributed by atoms with E-state index in [0.29, 0.717) is 37.1 Å². The first-order chi connectivity index (χ1) is 25.4. The highest BCUT2D eigenvalue weighted by Crippen LogP contribution is 2.46. The Morgan fingerprint density at radius 2 is 1.81 bits per heavy atom. The fraction of sp³-hybridized carbons (Fsp3) is 0.568. The largest absolute Gasteiger partial charge is 0.472 e. The maximum Gasteiger partial charge on any atom is 0.408 e. The molecule has 0 spiro atoms. The second-order valence-corrected chi connectivity index (χ2v) is 17.3. The number of nitrogens with zero attached hydrogens (tertiary/aromatic N) is 3. The summed E-state index contributed by atoms with van der Waals surface area (Å²) in [6.07, 6.45) is 6.39. The molecule has 54 heavy (non-hydrogen) atoms. The fourth-order valence-corrected chi connectivity index (χ4v) is 8.03. The predicted octanol–water partition coefficient (Wildman–Crippen LogP) is 4.36. The van der Waals surface area contributed by atoms with Gasteiger partial charge in [-0.25, -0.2) is 18.7 Å². The molecule has 15 nitrogen and oxygen atoms in total. The van der Waals surface area contributed by atoms with Gasteiger partial charge in [-0.05, 0) is 66.2 Å². The number of carbonyl (C=O) groups is 4. The van der Waals surface area contributed by atoms with Gasteiger partial charge >= 0.3 is 16.4 Å². The Balaban J connectivity index is 1.29. The predicted molar refractivity (Wildman–Crippen MR) is 197 cm³/mol. The molecule has 1 aromatic carbocycles. The van der Waals surface area contributed by atoms with Gasteiger partial charge in [0.15, 0.2) is 5.82 Å². The van der Waals surface area contributed by atoms with Gasteiger partial charge in [0.1, 0.15) is 34.5 Å². The Hall–Kier alpha value is -4.28. The summed E-state index contributed by atoms with van der Waals surface area (Å²) in [6.45, 7) is 6.70. The zero-order valence-corrected chi connectivity index (χ0v) is 32.4. The number of hydrogen-bond acceptors (Lipinski definition) is 11. The average molecular weight is 787 g/mol. The van der Waals surface area contributed by atoms with Crippen LogP contribution in [0.3, 0.4) is 0 Å². The van der Waals surface area contributed by atoms with Crippen LogP contribution >= 0.6 is 11.6 Å². The topological polar surface area (TPSA) is 195 Å². The number of amides is 4. The molecular formula is C37H47ClN6O9S. The first-order valence-corrected chi connectivity index (χ1v) is 20.1. The summed E-state index contributed by atoms with van der Waals surface area (Å²) in [6, 6.07) is 8.38. The molecule has 0 radical (unpaired) electrons. The van der Waals surface area contributed by atoms with E-state index in [1.54, 1.807) is 27.7 Å². The summed E-state index contributed by atoms with van der Waals surface area (Å²) >= 11 is 6.36. The molecule has 3 N–H and O–H groups in total. The van der Waals surface area contributed by atoms with Crippen molar-refractivity contribution in [2.75, 3.05) is 6.54 Å². The number of benzene rings is 1. The second-order valence-electron chi connectivity index (χ2n) is 15.7. The monoisotopic (exact) mass is 786 g/mol. The van der Waals surface area contributed by atoms with Crippen molar-refractivity contribution in [2.45, 2.75) is 120 Å². The first-order valence-electron chi connectivity index (χ1n) is 18.3. The van der Waals surface area contributed by atoms with E-state index in [9.17, 15) is 27.6 Å². The van der Waals surface area contributed by atoms with E-state index < -0.39 is 75.0 Å². The third-order valence-corrected chi connectivity index (χ3v) is 11.1. The van der Waals surface area contributed by atoms with Crippen molar-refractivity contribution >= 4 is 45.7 Å². The Kier molecular flexibility index (Phi) is 11.3. The third kappa shape index (κ3) is 9.87. The molecule has 6 rings (SSSR count). The smallest absolute Gasteiger partial charge is 0.408 e. The molecule has 292 valence electrons. The van der Waals surface area contributed by atoms with Crippen molar-refractivity contribution in [3.05, 3.63) is 53.7 Å². The van der Waals surface area contributed by atoms with Gasteiger partial charge in [-0.2, -0.15) is 13.4 Å². The summed E-state index contributed by atoms with van der Waals surface area (Å²) < 4.78 is 44.7. The lowest BCUT2D eigenvalue weighted by Gasteiger charge is -2.30. The minimum atomic E-state index is -4.48. The molecule has 1 aromatic heterocycles. The Bertz CT molecular complexity index is 1900. The molecule has 2 aromatic rings. The van der Waals surface area contributed by atoms with Gasteiger partial charge in [0, 0.05) is 24.0 Å². The number of alkyl carbamates (subject to hydrolysis) is 1. The quantitative estimate of drug-likeness (QED) is 0.254. The van der Waals surface area contributed by atoms with Gasteiger partial charge in [0.25, 0.3) is 5.91 Å². The van der Waals surface area contributed by atoms with Gasteiger partial charge in [-0.3, -0.25) is 14.4 Å². The Labute approximate surface area is 320 Å². The molecule has 4 aliphatic rings. The Morgan fingerprint density at radius 3 is 2.52 bits per heavy atom. The number of carbonyl (C=O) groups excluding carboxylic acids is 4. The van der Waals surface area contributed by atoms with Crippen molar-refractivity contribution < 1.29 is 41.3 Å². The molecule has 4 amide bonds. The minimum absolute atomic E-state index is 0.0169. The highest BCUT2D eigenvalue weighted by molar-refractivity contribution is 7.85. The molecule has 3 heterocycles. The standard InChI is InChI=1S/C37H47ClN6O9S/c1-35(2,3)52-34(48)39-26-16-12-7-5-6-11-15-24-21-37(24,33(47)43-54(49,50)53-36(4)17-18-36)42-31(45)27-19-25(22-44(27)32(26)46)51-29-20-28(38)40-30(41-29)23-13-9-8-10-14-23/h8-11,13-15,20,24-27H,5-7,12,16-19,21-22H2,1-4H3,(H,39,48)(H,42,45)(H,43,47)/t24-,25-,26+,27+,37-/m1/s1. The molecule has 5 atom stereocenters. The van der Waals surface area contributed by atoms with E-state index >= 15 is 0 Å². The molecule has 0 unspecified atom stereocenters. The van der Waals surface area contributed by atoms with E-state index in [2.05, 4.69) is 20.6 Å².